The fourth-order valence-electron chi connectivity index (χ4n) is 3.12. The lowest BCUT2D eigenvalue weighted by Gasteiger charge is -2.31. The number of rotatable bonds is 7. The summed E-state index contributed by atoms with van der Waals surface area (Å²) in [5, 5.41) is 27.7. The van der Waals surface area contributed by atoms with E-state index in [9.17, 15) is 29.0 Å². The Morgan fingerprint density at radius 2 is 1.97 bits per heavy atom. The van der Waals surface area contributed by atoms with Crippen LogP contribution >= 0.6 is 0 Å². The van der Waals surface area contributed by atoms with Crippen molar-refractivity contribution in [3.63, 3.8) is 0 Å². The highest BCUT2D eigenvalue weighted by molar-refractivity contribution is 5.97. The van der Waals surface area contributed by atoms with E-state index in [1.807, 2.05) is 13.8 Å². The van der Waals surface area contributed by atoms with E-state index in [-0.39, 0.29) is 23.6 Å². The third-order valence-electron chi connectivity index (χ3n) is 4.60. The van der Waals surface area contributed by atoms with E-state index in [1.165, 1.54) is 24.3 Å². The maximum absolute atomic E-state index is 13.2. The SMILES string of the molecule is CC(C)C[C@@H](NC(=O)C1=C[C@@H](NC(=O)Nc2cccc(F)c2)[C@@H](O)[C@H](O)C1)C(N)=O. The Labute approximate surface area is 173 Å². The quantitative estimate of drug-likeness (QED) is 0.375. The fraction of sp³-hybridized carbons (Fsp3) is 0.450. The van der Waals surface area contributed by atoms with Crippen molar-refractivity contribution in [3.05, 3.63) is 41.7 Å². The molecule has 0 aliphatic heterocycles. The Morgan fingerprint density at radius 1 is 1.27 bits per heavy atom. The van der Waals surface area contributed by atoms with E-state index < -0.39 is 48.0 Å². The standard InChI is InChI=1S/C20H27FN4O5/c1-10(2)6-15(18(22)28)24-19(29)11-7-14(17(27)16(26)8-11)25-20(30)23-13-5-3-4-12(21)9-13/h3-5,7,9-10,14-17,26-27H,6,8H2,1-2H3,(H2,22,28)(H,24,29)(H2,23,25,30)/t14-,15-,16-,17-/m1/s1. The molecule has 1 aliphatic carbocycles. The van der Waals surface area contributed by atoms with Gasteiger partial charge in [0.1, 0.15) is 18.0 Å². The Morgan fingerprint density at radius 3 is 2.57 bits per heavy atom. The summed E-state index contributed by atoms with van der Waals surface area (Å²) in [6.07, 6.45) is -1.18. The molecule has 0 aromatic heterocycles. The van der Waals surface area contributed by atoms with Gasteiger partial charge in [0.25, 0.3) is 0 Å². The van der Waals surface area contributed by atoms with Gasteiger partial charge in [0, 0.05) is 17.7 Å². The summed E-state index contributed by atoms with van der Waals surface area (Å²) >= 11 is 0. The molecule has 0 spiro atoms. The van der Waals surface area contributed by atoms with Crippen LogP contribution in [0.4, 0.5) is 14.9 Å². The Balaban J connectivity index is 2.09. The zero-order valence-electron chi connectivity index (χ0n) is 16.8. The molecular formula is C20H27FN4O5. The van der Waals surface area contributed by atoms with Gasteiger partial charge in [-0.3, -0.25) is 9.59 Å². The molecule has 1 aliphatic rings. The molecule has 4 atom stereocenters. The molecule has 0 saturated carbocycles. The predicted octanol–water partition coefficient (Wildman–Crippen LogP) is 0.384. The molecule has 10 heteroatoms. The molecule has 0 bridgehead atoms. The average Bonchev–Trinajstić information content (AvgIpc) is 2.64. The van der Waals surface area contributed by atoms with E-state index in [2.05, 4.69) is 16.0 Å². The number of nitrogens with one attached hydrogen (secondary N) is 3. The van der Waals surface area contributed by atoms with Crippen LogP contribution in [0.2, 0.25) is 0 Å². The highest BCUT2D eigenvalue weighted by atomic mass is 19.1. The molecule has 0 unspecified atom stereocenters. The number of anilines is 1. The summed E-state index contributed by atoms with van der Waals surface area (Å²) in [4.78, 5) is 36.3. The van der Waals surface area contributed by atoms with Crippen LogP contribution in [0.1, 0.15) is 26.7 Å². The van der Waals surface area contributed by atoms with Gasteiger partial charge in [0.2, 0.25) is 11.8 Å². The average molecular weight is 422 g/mol. The highest BCUT2D eigenvalue weighted by Gasteiger charge is 2.34. The van der Waals surface area contributed by atoms with Gasteiger partial charge in [-0.1, -0.05) is 26.0 Å². The molecule has 0 radical (unpaired) electrons. The zero-order chi connectivity index (χ0) is 22.4. The van der Waals surface area contributed by atoms with Crippen LogP contribution in [-0.2, 0) is 9.59 Å². The molecule has 1 aromatic carbocycles. The van der Waals surface area contributed by atoms with Gasteiger partial charge < -0.3 is 31.9 Å². The van der Waals surface area contributed by atoms with Crippen molar-refractivity contribution in [2.75, 3.05) is 5.32 Å². The van der Waals surface area contributed by atoms with Crippen molar-refractivity contribution in [2.45, 2.75) is 51.0 Å². The summed E-state index contributed by atoms with van der Waals surface area (Å²) < 4.78 is 13.2. The molecule has 0 heterocycles. The summed E-state index contributed by atoms with van der Waals surface area (Å²) in [6, 6.07) is 2.49. The van der Waals surface area contributed by atoms with Gasteiger partial charge in [-0.05, 0) is 30.5 Å². The molecule has 9 nitrogen and oxygen atoms in total. The van der Waals surface area contributed by atoms with Crippen LogP contribution in [0.15, 0.2) is 35.9 Å². The molecule has 0 saturated heterocycles. The van der Waals surface area contributed by atoms with Crippen LogP contribution in [0.5, 0.6) is 0 Å². The van der Waals surface area contributed by atoms with E-state index in [0.717, 1.165) is 6.07 Å². The maximum Gasteiger partial charge on any atom is 0.319 e. The second-order valence-electron chi connectivity index (χ2n) is 7.65. The smallest absolute Gasteiger partial charge is 0.319 e. The number of hydrogen-bond acceptors (Lipinski definition) is 5. The number of aliphatic hydroxyl groups is 2. The Bertz CT molecular complexity index is 829. The Kier molecular flexibility index (Phi) is 7.90. The van der Waals surface area contributed by atoms with Crippen LogP contribution in [0.3, 0.4) is 0 Å². The minimum absolute atomic E-state index is 0.0962. The van der Waals surface area contributed by atoms with Crippen LogP contribution in [-0.4, -0.2) is 52.4 Å². The van der Waals surface area contributed by atoms with E-state index in [0.29, 0.717) is 6.42 Å². The van der Waals surface area contributed by atoms with Gasteiger partial charge in [-0.25, -0.2) is 9.18 Å². The minimum Gasteiger partial charge on any atom is -0.390 e. The zero-order valence-corrected chi connectivity index (χ0v) is 16.8. The Hall–Kier alpha value is -2.98. The second-order valence-corrected chi connectivity index (χ2v) is 7.65. The second kappa shape index (κ2) is 10.2. The van der Waals surface area contributed by atoms with Crippen molar-refractivity contribution in [1.82, 2.24) is 10.6 Å². The summed E-state index contributed by atoms with van der Waals surface area (Å²) in [5.74, 6) is -1.73. The van der Waals surface area contributed by atoms with E-state index in [1.54, 1.807) is 0 Å². The monoisotopic (exact) mass is 422 g/mol. The van der Waals surface area contributed by atoms with E-state index in [4.69, 9.17) is 5.73 Å². The first-order chi connectivity index (χ1) is 14.1. The van der Waals surface area contributed by atoms with Crippen molar-refractivity contribution < 1.29 is 29.0 Å². The number of aliphatic hydroxyl groups excluding tert-OH is 2. The molecule has 4 amide bonds. The first-order valence-electron chi connectivity index (χ1n) is 9.57. The van der Waals surface area contributed by atoms with Gasteiger partial charge in [0.15, 0.2) is 0 Å². The lowest BCUT2D eigenvalue weighted by Crippen LogP contribution is -2.53. The molecule has 164 valence electrons. The number of halogens is 1. The van der Waals surface area contributed by atoms with Crippen LogP contribution < -0.4 is 21.7 Å². The van der Waals surface area contributed by atoms with Gasteiger partial charge in [0.05, 0.1) is 12.1 Å². The van der Waals surface area contributed by atoms with Crippen LogP contribution in [0, 0.1) is 11.7 Å². The minimum atomic E-state index is -1.36. The predicted molar refractivity (Wildman–Crippen MR) is 108 cm³/mol. The normalized spacial score (nSPS) is 22.1. The van der Waals surface area contributed by atoms with Gasteiger partial charge in [-0.2, -0.15) is 0 Å². The van der Waals surface area contributed by atoms with Crippen molar-refractivity contribution in [1.29, 1.82) is 0 Å². The highest BCUT2D eigenvalue weighted by Crippen LogP contribution is 2.21. The summed E-state index contributed by atoms with van der Waals surface area (Å²) in [5.41, 5.74) is 5.62. The molecule has 1 aromatic rings. The number of primary amides is 1. The van der Waals surface area contributed by atoms with Crippen molar-refractivity contribution >= 4 is 23.5 Å². The number of amides is 4. The lowest BCUT2D eigenvalue weighted by atomic mass is 9.89. The number of carbonyl (C=O) groups is 3. The first-order valence-corrected chi connectivity index (χ1v) is 9.57. The van der Waals surface area contributed by atoms with Gasteiger partial charge >= 0.3 is 6.03 Å². The number of urea groups is 1. The maximum atomic E-state index is 13.2. The summed E-state index contributed by atoms with van der Waals surface area (Å²) in [6.45, 7) is 3.75. The number of nitrogens with two attached hydrogens (primary N) is 1. The van der Waals surface area contributed by atoms with Gasteiger partial charge in [-0.15, -0.1) is 0 Å². The van der Waals surface area contributed by atoms with Crippen LogP contribution in [0.25, 0.3) is 0 Å². The largest absolute Gasteiger partial charge is 0.390 e. The number of hydrogen-bond donors (Lipinski definition) is 6. The van der Waals surface area contributed by atoms with E-state index >= 15 is 0 Å². The third-order valence-corrected chi connectivity index (χ3v) is 4.60. The number of carbonyl (C=O) groups excluding carboxylic acids is 3. The topological polar surface area (TPSA) is 154 Å². The lowest BCUT2D eigenvalue weighted by molar-refractivity contribution is -0.126. The molecule has 30 heavy (non-hydrogen) atoms. The molecule has 2 rings (SSSR count). The molecular weight excluding hydrogens is 395 g/mol. The number of benzene rings is 1. The molecule has 0 fully saturated rings. The summed E-state index contributed by atoms with van der Waals surface area (Å²) in [7, 11) is 0. The van der Waals surface area contributed by atoms with Crippen molar-refractivity contribution in [3.8, 4) is 0 Å². The third kappa shape index (κ3) is 6.53. The fourth-order valence-corrected chi connectivity index (χ4v) is 3.12. The molecule has 7 N–H and O–H groups in total. The van der Waals surface area contributed by atoms with Crippen molar-refractivity contribution in [2.24, 2.45) is 11.7 Å². The first kappa shape index (κ1) is 23.3.